The lowest BCUT2D eigenvalue weighted by Crippen LogP contribution is -2.25. The molecule has 0 bridgehead atoms. The zero-order valence-corrected chi connectivity index (χ0v) is 9.79. The van der Waals surface area contributed by atoms with Gasteiger partial charge in [0, 0.05) is 25.1 Å². The zero-order chi connectivity index (χ0) is 11.7. The summed E-state index contributed by atoms with van der Waals surface area (Å²) in [5, 5.41) is 0.629. The van der Waals surface area contributed by atoms with Crippen LogP contribution in [0, 0.1) is 18.3 Å². The normalized spacial score (nSPS) is 19.9. The first kappa shape index (κ1) is 11.3. The Morgan fingerprint density at radius 2 is 2.31 bits per heavy atom. The van der Waals surface area contributed by atoms with E-state index in [9.17, 15) is 4.79 Å². The fraction of sp³-hybridized carbons (Fsp3) is 0.273. The molecule has 1 aliphatic heterocycles. The number of amides is 1. The molecule has 1 aliphatic rings. The monoisotopic (exact) mass is 254 g/mol. The first-order chi connectivity index (χ1) is 7.63. The molecule has 0 radical (unpaired) electrons. The van der Waals surface area contributed by atoms with Crippen LogP contribution in [-0.2, 0) is 4.79 Å². The molecule has 2 rings (SSSR count). The lowest BCUT2D eigenvalue weighted by molar-refractivity contribution is -0.117. The minimum absolute atomic E-state index is 0.0697. The highest BCUT2D eigenvalue weighted by molar-refractivity contribution is 6.39. The van der Waals surface area contributed by atoms with Crippen LogP contribution >= 0.6 is 23.2 Å². The summed E-state index contributed by atoms with van der Waals surface area (Å²) in [5.74, 6) is 2.41. The van der Waals surface area contributed by atoms with Crippen molar-refractivity contribution in [3.63, 3.8) is 0 Å². The maximum atomic E-state index is 11.7. The Bertz CT molecular complexity index is 461. The molecule has 16 heavy (non-hydrogen) atoms. The summed E-state index contributed by atoms with van der Waals surface area (Å²) in [5.41, 5.74) is 0.452. The minimum Gasteiger partial charge on any atom is -0.307 e. The second kappa shape index (κ2) is 4.32. The van der Waals surface area contributed by atoms with Gasteiger partial charge in [-0.3, -0.25) is 4.79 Å². The SMILES string of the molecule is C#CC1CC(=O)N(c2c(Cl)ccnc2Cl)C1. The second-order valence-corrected chi connectivity index (χ2v) is 4.27. The van der Waals surface area contributed by atoms with Crippen molar-refractivity contribution in [2.45, 2.75) is 6.42 Å². The van der Waals surface area contributed by atoms with E-state index < -0.39 is 0 Å². The highest BCUT2D eigenvalue weighted by Crippen LogP contribution is 2.35. The number of anilines is 1. The van der Waals surface area contributed by atoms with E-state index in [-0.39, 0.29) is 17.0 Å². The number of terminal acetylenes is 1. The molecule has 2 heterocycles. The first-order valence-corrected chi connectivity index (χ1v) is 5.45. The third kappa shape index (κ3) is 1.87. The smallest absolute Gasteiger partial charge is 0.228 e. The summed E-state index contributed by atoms with van der Waals surface area (Å²) in [4.78, 5) is 17.1. The molecule has 82 valence electrons. The molecule has 1 atom stereocenters. The van der Waals surface area contributed by atoms with E-state index in [4.69, 9.17) is 29.6 Å². The molecule has 0 aromatic carbocycles. The van der Waals surface area contributed by atoms with Gasteiger partial charge in [0.05, 0.1) is 5.02 Å². The van der Waals surface area contributed by atoms with Crippen molar-refractivity contribution < 1.29 is 4.79 Å². The Balaban J connectivity index is 2.39. The molecule has 3 nitrogen and oxygen atoms in total. The van der Waals surface area contributed by atoms with Crippen molar-refractivity contribution in [2.75, 3.05) is 11.4 Å². The number of hydrogen-bond donors (Lipinski definition) is 0. The van der Waals surface area contributed by atoms with Gasteiger partial charge in [0.1, 0.15) is 5.69 Å². The van der Waals surface area contributed by atoms with E-state index in [1.807, 2.05) is 0 Å². The Morgan fingerprint density at radius 1 is 1.56 bits per heavy atom. The molecule has 0 saturated carbocycles. The first-order valence-electron chi connectivity index (χ1n) is 4.70. The second-order valence-electron chi connectivity index (χ2n) is 3.50. The van der Waals surface area contributed by atoms with Gasteiger partial charge in [-0.25, -0.2) is 4.98 Å². The fourth-order valence-electron chi connectivity index (χ4n) is 1.68. The van der Waals surface area contributed by atoms with Crippen molar-refractivity contribution in [1.82, 2.24) is 4.98 Å². The Morgan fingerprint density at radius 3 is 2.88 bits per heavy atom. The number of aromatic nitrogens is 1. The van der Waals surface area contributed by atoms with Crippen molar-refractivity contribution in [3.05, 3.63) is 22.4 Å². The zero-order valence-electron chi connectivity index (χ0n) is 8.28. The van der Waals surface area contributed by atoms with Gasteiger partial charge in [-0.15, -0.1) is 12.3 Å². The number of carbonyl (C=O) groups is 1. The number of pyridine rings is 1. The minimum atomic E-state index is -0.0835. The van der Waals surface area contributed by atoms with Crippen molar-refractivity contribution in [1.29, 1.82) is 0 Å². The maximum absolute atomic E-state index is 11.7. The van der Waals surface area contributed by atoms with Gasteiger partial charge in [0.15, 0.2) is 5.15 Å². The van der Waals surface area contributed by atoms with E-state index >= 15 is 0 Å². The molecule has 1 fully saturated rings. The number of hydrogen-bond acceptors (Lipinski definition) is 2. The fourth-order valence-corrected chi connectivity index (χ4v) is 2.24. The van der Waals surface area contributed by atoms with E-state index in [0.717, 1.165) is 0 Å². The molecular formula is C11H8Cl2N2O. The summed E-state index contributed by atoms with van der Waals surface area (Å²) >= 11 is 11.9. The summed E-state index contributed by atoms with van der Waals surface area (Å²) < 4.78 is 0. The van der Waals surface area contributed by atoms with Gasteiger partial charge in [-0.1, -0.05) is 23.2 Å². The number of halogens is 2. The van der Waals surface area contributed by atoms with Crippen molar-refractivity contribution in [2.24, 2.45) is 5.92 Å². The molecule has 0 aliphatic carbocycles. The molecule has 5 heteroatoms. The highest BCUT2D eigenvalue weighted by atomic mass is 35.5. The Labute approximate surface area is 103 Å². The number of rotatable bonds is 1. The summed E-state index contributed by atoms with van der Waals surface area (Å²) in [6, 6.07) is 1.60. The van der Waals surface area contributed by atoms with Crippen LogP contribution in [-0.4, -0.2) is 17.4 Å². The van der Waals surface area contributed by atoms with Crippen LogP contribution in [0.25, 0.3) is 0 Å². The van der Waals surface area contributed by atoms with Crippen LogP contribution < -0.4 is 4.90 Å². The topological polar surface area (TPSA) is 33.2 Å². The van der Waals surface area contributed by atoms with Crippen LogP contribution in [0.1, 0.15) is 6.42 Å². The van der Waals surface area contributed by atoms with Crippen molar-refractivity contribution >= 4 is 34.8 Å². The standard InChI is InChI=1S/C11H8Cl2N2O/c1-2-7-5-9(16)15(6-7)10-8(12)3-4-14-11(10)13/h1,3-4,7H,5-6H2. The largest absolute Gasteiger partial charge is 0.307 e. The molecule has 0 spiro atoms. The summed E-state index contributed by atoms with van der Waals surface area (Å²) in [6.45, 7) is 0.445. The quantitative estimate of drug-likeness (QED) is 0.570. The van der Waals surface area contributed by atoms with Crippen LogP contribution in [0.4, 0.5) is 5.69 Å². The predicted octanol–water partition coefficient (Wildman–Crippen LogP) is 2.37. The van der Waals surface area contributed by atoms with E-state index in [2.05, 4.69) is 10.9 Å². The predicted molar refractivity (Wildman–Crippen MR) is 63.6 cm³/mol. The van der Waals surface area contributed by atoms with Gasteiger partial charge in [-0.05, 0) is 6.07 Å². The molecule has 1 unspecified atom stereocenters. The number of nitrogens with zero attached hydrogens (tertiary/aromatic N) is 2. The maximum Gasteiger partial charge on any atom is 0.228 e. The molecular weight excluding hydrogens is 247 g/mol. The van der Waals surface area contributed by atoms with Gasteiger partial charge in [0.2, 0.25) is 5.91 Å². The molecule has 1 aromatic rings. The van der Waals surface area contributed by atoms with Gasteiger partial charge >= 0.3 is 0 Å². The van der Waals surface area contributed by atoms with Crippen molar-refractivity contribution in [3.8, 4) is 12.3 Å². The average molecular weight is 255 g/mol. The Hall–Kier alpha value is -1.24. The number of carbonyl (C=O) groups excluding carboxylic acids is 1. The van der Waals surface area contributed by atoms with Crippen LogP contribution in [0.3, 0.4) is 0 Å². The Kier molecular flexibility index (Phi) is 3.04. The molecule has 1 saturated heterocycles. The molecule has 1 amide bonds. The van der Waals surface area contributed by atoms with E-state index in [1.54, 1.807) is 6.07 Å². The lowest BCUT2D eigenvalue weighted by atomic mass is 10.1. The third-order valence-corrected chi connectivity index (χ3v) is 3.04. The summed E-state index contributed by atoms with van der Waals surface area (Å²) in [6.07, 6.45) is 7.13. The highest BCUT2D eigenvalue weighted by Gasteiger charge is 2.32. The van der Waals surface area contributed by atoms with Gasteiger partial charge < -0.3 is 4.90 Å². The van der Waals surface area contributed by atoms with Gasteiger partial charge in [-0.2, -0.15) is 0 Å². The average Bonchev–Trinajstić information content (AvgIpc) is 2.60. The molecule has 1 aromatic heterocycles. The van der Waals surface area contributed by atoms with Crippen LogP contribution in [0.5, 0.6) is 0 Å². The van der Waals surface area contributed by atoms with Crippen LogP contribution in [0.15, 0.2) is 12.3 Å². The molecule has 0 N–H and O–H groups in total. The van der Waals surface area contributed by atoms with E-state index in [0.29, 0.717) is 23.7 Å². The third-order valence-electron chi connectivity index (χ3n) is 2.46. The van der Waals surface area contributed by atoms with Crippen LogP contribution in [0.2, 0.25) is 10.2 Å². The van der Waals surface area contributed by atoms with Gasteiger partial charge in [0.25, 0.3) is 0 Å². The van der Waals surface area contributed by atoms with E-state index in [1.165, 1.54) is 11.1 Å². The lowest BCUT2D eigenvalue weighted by Gasteiger charge is -2.18. The summed E-state index contributed by atoms with van der Waals surface area (Å²) in [7, 11) is 0.